The fourth-order valence-corrected chi connectivity index (χ4v) is 7.18. The van der Waals surface area contributed by atoms with Crippen molar-refractivity contribution in [2.75, 3.05) is 6.54 Å². The summed E-state index contributed by atoms with van der Waals surface area (Å²) in [6.07, 6.45) is 4.80. The summed E-state index contributed by atoms with van der Waals surface area (Å²) in [5.41, 5.74) is 0.532. The highest BCUT2D eigenvalue weighted by molar-refractivity contribution is 6.47. The first kappa shape index (κ1) is 34.7. The van der Waals surface area contributed by atoms with Gasteiger partial charge >= 0.3 is 12.1 Å². The molecule has 1 spiro atoms. The highest BCUT2D eigenvalue weighted by Crippen LogP contribution is 2.49. The second-order valence-corrected chi connectivity index (χ2v) is 13.6. The topological polar surface area (TPSA) is 99.1 Å². The number of carboxylic acid groups (broad SMARTS) is 1. The molecule has 1 heterocycles. The van der Waals surface area contributed by atoms with Crippen molar-refractivity contribution in [3.63, 3.8) is 0 Å². The van der Waals surface area contributed by atoms with Crippen LogP contribution in [0.25, 0.3) is 0 Å². The summed E-state index contributed by atoms with van der Waals surface area (Å²) < 4.78 is 39.9. The van der Waals surface area contributed by atoms with Gasteiger partial charge < -0.3 is 15.3 Å². The Morgan fingerprint density at radius 1 is 1.18 bits per heavy atom. The van der Waals surface area contributed by atoms with Crippen LogP contribution in [-0.4, -0.2) is 57.9 Å². The van der Waals surface area contributed by atoms with Crippen LogP contribution in [0.2, 0.25) is 5.02 Å². The lowest BCUT2D eigenvalue weighted by Gasteiger charge is -2.48. The molecule has 4 rings (SSSR count). The quantitative estimate of drug-likeness (QED) is 0.263. The van der Waals surface area contributed by atoms with Crippen molar-refractivity contribution >= 4 is 35.1 Å². The number of alkyl halides is 3. The summed E-state index contributed by atoms with van der Waals surface area (Å²) in [6, 6.07) is 3.78. The monoisotopic (exact) mass is 649 g/mol. The highest BCUT2D eigenvalue weighted by atomic mass is 35.5. The minimum atomic E-state index is -4.43. The maximum atomic E-state index is 14.4. The molecule has 2 N–H and O–H groups in total. The van der Waals surface area contributed by atoms with Crippen molar-refractivity contribution in [1.29, 1.82) is 0 Å². The van der Waals surface area contributed by atoms with E-state index in [1.54, 1.807) is 6.08 Å². The zero-order valence-electron chi connectivity index (χ0n) is 26.3. The van der Waals surface area contributed by atoms with Gasteiger partial charge in [-0.3, -0.25) is 19.4 Å². The van der Waals surface area contributed by atoms with Gasteiger partial charge in [-0.05, 0) is 79.2 Å². The van der Waals surface area contributed by atoms with Crippen LogP contribution in [0.3, 0.4) is 0 Å². The lowest BCUT2D eigenvalue weighted by Crippen LogP contribution is -2.55. The number of aliphatic imine (C=N–C) groups is 1. The van der Waals surface area contributed by atoms with Gasteiger partial charge in [0.1, 0.15) is 11.4 Å². The summed E-state index contributed by atoms with van der Waals surface area (Å²) in [4.78, 5) is 44.7. The Bertz CT molecular complexity index is 1390. The highest BCUT2D eigenvalue weighted by Gasteiger charge is 2.53. The summed E-state index contributed by atoms with van der Waals surface area (Å²) in [5.74, 6) is -1.60. The third kappa shape index (κ3) is 7.99. The Morgan fingerprint density at radius 2 is 1.87 bits per heavy atom. The predicted octanol–water partition coefficient (Wildman–Crippen LogP) is 7.27. The fraction of sp³-hybridized carbons (Fsp3) is 0.588. The van der Waals surface area contributed by atoms with E-state index in [1.165, 1.54) is 18.2 Å². The van der Waals surface area contributed by atoms with Crippen molar-refractivity contribution in [3.05, 3.63) is 58.1 Å². The number of nitrogens with zero attached hydrogens (tertiary/aromatic N) is 2. The normalized spacial score (nSPS) is 24.4. The number of halogens is 4. The molecule has 1 aromatic rings. The van der Waals surface area contributed by atoms with E-state index < -0.39 is 30.1 Å². The Morgan fingerprint density at radius 3 is 2.42 bits per heavy atom. The number of amides is 2. The van der Waals surface area contributed by atoms with E-state index >= 15 is 0 Å². The predicted molar refractivity (Wildman–Crippen MR) is 168 cm³/mol. The van der Waals surface area contributed by atoms with Crippen LogP contribution in [0.1, 0.15) is 90.2 Å². The molecular formula is C34H43ClF3N3O4. The van der Waals surface area contributed by atoms with Crippen LogP contribution < -0.4 is 5.32 Å². The molecule has 3 aliphatic rings. The summed E-state index contributed by atoms with van der Waals surface area (Å²) in [5, 5.41) is 11.6. The second kappa shape index (κ2) is 13.7. The number of benzene rings is 1. The standard InChI is InChI=1S/C34H43ClF3N3O4/c1-5-27(22-7-9-23(10-8-22)30(44)39-16-13-28(42)43)41-31(45)29(24-17-21(18-26(35)19-24)20-34(36,37)38)40-33(41)14-11-25(12-15-33)32(3,4)6-2/h7-9,17-19,23,25,27H,5-6,10-16,20H2,1-4H3,(H,39,44)(H,42,43). The third-order valence-corrected chi connectivity index (χ3v) is 10.0. The summed E-state index contributed by atoms with van der Waals surface area (Å²) in [6.45, 7) is 8.73. The lowest BCUT2D eigenvalue weighted by molar-refractivity contribution is -0.137. The van der Waals surface area contributed by atoms with E-state index in [1.807, 2.05) is 24.0 Å². The zero-order chi connectivity index (χ0) is 33.2. The number of hydrogen-bond acceptors (Lipinski definition) is 4. The fourth-order valence-electron chi connectivity index (χ4n) is 6.93. The van der Waals surface area contributed by atoms with Gasteiger partial charge in [0.2, 0.25) is 5.91 Å². The van der Waals surface area contributed by atoms with Crippen molar-refractivity contribution < 1.29 is 32.7 Å². The van der Waals surface area contributed by atoms with Crippen molar-refractivity contribution in [1.82, 2.24) is 10.2 Å². The molecule has 1 aliphatic heterocycles. The maximum Gasteiger partial charge on any atom is 0.393 e. The minimum Gasteiger partial charge on any atom is -0.481 e. The van der Waals surface area contributed by atoms with Gasteiger partial charge in [-0.1, -0.05) is 63.9 Å². The van der Waals surface area contributed by atoms with Crippen molar-refractivity contribution in [3.8, 4) is 0 Å². The largest absolute Gasteiger partial charge is 0.481 e. The van der Waals surface area contributed by atoms with Crippen molar-refractivity contribution in [2.45, 2.75) is 103 Å². The first-order valence-electron chi connectivity index (χ1n) is 15.8. The Hall–Kier alpha value is -3.14. The lowest BCUT2D eigenvalue weighted by atomic mass is 9.67. The van der Waals surface area contributed by atoms with E-state index in [0.717, 1.165) is 24.8 Å². The van der Waals surface area contributed by atoms with Crippen LogP contribution in [0, 0.1) is 17.3 Å². The minimum absolute atomic E-state index is 0.0287. The average Bonchev–Trinajstić information content (AvgIpc) is 3.23. The van der Waals surface area contributed by atoms with Gasteiger partial charge in [-0.25, -0.2) is 0 Å². The molecule has 2 unspecified atom stereocenters. The first-order valence-corrected chi connectivity index (χ1v) is 16.1. The Kier molecular flexibility index (Phi) is 10.6. The smallest absolute Gasteiger partial charge is 0.393 e. The van der Waals surface area contributed by atoms with Crippen LogP contribution >= 0.6 is 11.6 Å². The van der Waals surface area contributed by atoms with Gasteiger partial charge in [0.25, 0.3) is 5.91 Å². The first-order chi connectivity index (χ1) is 21.1. The van der Waals surface area contributed by atoms with E-state index in [2.05, 4.69) is 26.1 Å². The Balaban J connectivity index is 1.66. The van der Waals surface area contributed by atoms with Crippen LogP contribution in [-0.2, 0) is 20.8 Å². The van der Waals surface area contributed by atoms with Crippen LogP contribution in [0.15, 0.2) is 47.0 Å². The number of hydrogen-bond donors (Lipinski definition) is 2. The van der Waals surface area contributed by atoms with E-state index in [-0.39, 0.29) is 58.1 Å². The van der Waals surface area contributed by atoms with Gasteiger partial charge in [-0.2, -0.15) is 13.2 Å². The number of allylic oxidation sites excluding steroid dienone is 1. The number of rotatable bonds is 11. The van der Waals surface area contributed by atoms with Gasteiger partial charge in [0.05, 0.1) is 24.8 Å². The summed E-state index contributed by atoms with van der Waals surface area (Å²) in [7, 11) is 0. The molecule has 2 amide bonds. The third-order valence-electron chi connectivity index (χ3n) is 9.81. The number of carbonyl (C=O) groups excluding carboxylic acids is 2. The van der Waals surface area contributed by atoms with Crippen LogP contribution in [0.4, 0.5) is 13.2 Å². The molecule has 7 nitrogen and oxygen atoms in total. The van der Waals surface area contributed by atoms with E-state index in [9.17, 15) is 27.6 Å². The van der Waals surface area contributed by atoms with E-state index in [4.69, 9.17) is 21.7 Å². The Labute approximate surface area is 268 Å². The van der Waals surface area contributed by atoms with Gasteiger partial charge in [-0.15, -0.1) is 0 Å². The SMILES string of the molecule is CCC(C1=CCC(C(=O)NCCC(=O)O)C=C1)N1C(=O)C(c2cc(Cl)cc(CC(F)(F)F)c2)=NC12CCC(C(C)(C)CC)CC2. The zero-order valence-corrected chi connectivity index (χ0v) is 27.1. The molecule has 1 saturated carbocycles. The number of carboxylic acids is 1. The molecule has 45 heavy (non-hydrogen) atoms. The molecule has 0 radical (unpaired) electrons. The average molecular weight is 650 g/mol. The molecule has 0 aromatic heterocycles. The molecule has 1 fully saturated rings. The molecular weight excluding hydrogens is 607 g/mol. The summed E-state index contributed by atoms with van der Waals surface area (Å²) >= 11 is 6.27. The van der Waals surface area contributed by atoms with Crippen molar-refractivity contribution in [2.24, 2.45) is 22.2 Å². The molecule has 0 saturated heterocycles. The number of nitrogens with one attached hydrogen (secondary N) is 1. The molecule has 1 aromatic carbocycles. The van der Waals surface area contributed by atoms with Crippen LogP contribution in [0.5, 0.6) is 0 Å². The maximum absolute atomic E-state index is 14.4. The number of aliphatic carboxylic acids is 1. The number of carbonyl (C=O) groups is 3. The molecule has 2 atom stereocenters. The molecule has 246 valence electrons. The van der Waals surface area contributed by atoms with E-state index in [0.29, 0.717) is 31.6 Å². The van der Waals surface area contributed by atoms with Gasteiger partial charge in [0.15, 0.2) is 0 Å². The molecule has 11 heteroatoms. The molecule has 2 aliphatic carbocycles. The second-order valence-electron chi connectivity index (χ2n) is 13.1. The molecule has 0 bridgehead atoms. The van der Waals surface area contributed by atoms with Gasteiger partial charge in [0, 0.05) is 17.1 Å².